The number of anilines is 1. The summed E-state index contributed by atoms with van der Waals surface area (Å²) < 4.78 is 22.6. The maximum Gasteiger partial charge on any atom is 0.238 e. The minimum atomic E-state index is -3.80. The topological polar surface area (TPSA) is 109 Å². The monoisotopic (exact) mass is 336 g/mol. The molecule has 6 nitrogen and oxygen atoms in total. The van der Waals surface area contributed by atoms with E-state index in [1.54, 1.807) is 17.4 Å². The van der Waals surface area contributed by atoms with Crippen LogP contribution >= 0.6 is 11.3 Å². The molecule has 0 aliphatic carbocycles. The summed E-state index contributed by atoms with van der Waals surface area (Å²) in [4.78, 5) is 4.40. The molecular formula is C14H16N4O2S2. The lowest BCUT2D eigenvalue weighted by Crippen LogP contribution is -2.13. The van der Waals surface area contributed by atoms with Crippen molar-refractivity contribution in [2.24, 2.45) is 5.14 Å². The fraction of sp³-hybridized carbons (Fsp3) is 0.286. The standard InChI is InChI=1S/C14H16N4O2S2/c1-2-14-18-11(9-21-14)5-6-17-13-4-3-12(22(16,19)20)7-10(13)8-15/h3-4,7,9,17H,2,5-6H2,1H3,(H2,16,19,20). The number of nitriles is 1. The molecule has 0 aliphatic heterocycles. The van der Waals surface area contributed by atoms with E-state index in [4.69, 9.17) is 10.4 Å². The maximum absolute atomic E-state index is 11.3. The van der Waals surface area contributed by atoms with Gasteiger partial charge in [-0.2, -0.15) is 5.26 Å². The van der Waals surface area contributed by atoms with Gasteiger partial charge in [-0.15, -0.1) is 11.3 Å². The summed E-state index contributed by atoms with van der Waals surface area (Å²) in [6.45, 7) is 2.67. The minimum Gasteiger partial charge on any atom is -0.384 e. The highest BCUT2D eigenvalue weighted by Crippen LogP contribution is 2.19. The van der Waals surface area contributed by atoms with Crippen LogP contribution in [0.25, 0.3) is 0 Å². The Morgan fingerprint density at radius 3 is 2.82 bits per heavy atom. The zero-order chi connectivity index (χ0) is 16.2. The average Bonchev–Trinajstić information content (AvgIpc) is 2.94. The molecule has 3 N–H and O–H groups in total. The van der Waals surface area contributed by atoms with Crippen LogP contribution in [0.2, 0.25) is 0 Å². The van der Waals surface area contributed by atoms with E-state index >= 15 is 0 Å². The molecule has 0 radical (unpaired) electrons. The first-order valence-corrected chi connectivity index (χ1v) is 9.10. The van der Waals surface area contributed by atoms with Crippen molar-refractivity contribution in [3.05, 3.63) is 39.8 Å². The third kappa shape index (κ3) is 4.04. The van der Waals surface area contributed by atoms with Crippen molar-refractivity contribution < 1.29 is 8.42 Å². The second-order valence-electron chi connectivity index (χ2n) is 4.63. The average molecular weight is 336 g/mol. The van der Waals surface area contributed by atoms with Crippen molar-refractivity contribution in [3.8, 4) is 6.07 Å². The Hall–Kier alpha value is -1.95. The van der Waals surface area contributed by atoms with Crippen LogP contribution in [-0.4, -0.2) is 19.9 Å². The number of aromatic nitrogens is 1. The summed E-state index contributed by atoms with van der Waals surface area (Å²) >= 11 is 1.64. The van der Waals surface area contributed by atoms with Crippen molar-refractivity contribution >= 4 is 27.0 Å². The van der Waals surface area contributed by atoms with E-state index in [1.807, 2.05) is 11.4 Å². The first kappa shape index (κ1) is 16.4. The smallest absolute Gasteiger partial charge is 0.238 e. The van der Waals surface area contributed by atoms with Gasteiger partial charge >= 0.3 is 0 Å². The lowest BCUT2D eigenvalue weighted by molar-refractivity contribution is 0.598. The number of sulfonamides is 1. The van der Waals surface area contributed by atoms with Crippen molar-refractivity contribution in [2.45, 2.75) is 24.7 Å². The number of aryl methyl sites for hydroxylation is 1. The molecule has 22 heavy (non-hydrogen) atoms. The van der Waals surface area contributed by atoms with E-state index in [0.29, 0.717) is 12.2 Å². The van der Waals surface area contributed by atoms with Gasteiger partial charge in [-0.3, -0.25) is 0 Å². The number of primary sulfonamides is 1. The molecule has 0 bridgehead atoms. The van der Waals surface area contributed by atoms with E-state index in [1.165, 1.54) is 12.1 Å². The number of nitrogens with one attached hydrogen (secondary N) is 1. The van der Waals surface area contributed by atoms with E-state index in [0.717, 1.165) is 23.5 Å². The van der Waals surface area contributed by atoms with E-state index in [2.05, 4.69) is 17.2 Å². The van der Waals surface area contributed by atoms with Gasteiger partial charge in [0.05, 0.1) is 26.8 Å². The van der Waals surface area contributed by atoms with Crippen molar-refractivity contribution in [3.63, 3.8) is 0 Å². The van der Waals surface area contributed by atoms with Crippen molar-refractivity contribution in [2.75, 3.05) is 11.9 Å². The summed E-state index contributed by atoms with van der Waals surface area (Å²) in [7, 11) is -3.80. The van der Waals surface area contributed by atoms with Crippen LogP contribution in [0.15, 0.2) is 28.5 Å². The summed E-state index contributed by atoms with van der Waals surface area (Å²) in [5, 5.41) is 20.4. The Morgan fingerprint density at radius 2 is 2.23 bits per heavy atom. The predicted molar refractivity (Wildman–Crippen MR) is 86.2 cm³/mol. The fourth-order valence-corrected chi connectivity index (χ4v) is 3.22. The molecule has 0 amide bonds. The van der Waals surface area contributed by atoms with E-state index in [-0.39, 0.29) is 10.5 Å². The van der Waals surface area contributed by atoms with Crippen LogP contribution in [0.5, 0.6) is 0 Å². The van der Waals surface area contributed by atoms with Crippen LogP contribution < -0.4 is 10.5 Å². The molecule has 1 heterocycles. The first-order valence-electron chi connectivity index (χ1n) is 6.68. The molecular weight excluding hydrogens is 320 g/mol. The van der Waals surface area contributed by atoms with E-state index in [9.17, 15) is 8.42 Å². The molecule has 0 aliphatic rings. The molecule has 0 fully saturated rings. The van der Waals surface area contributed by atoms with Gasteiger partial charge in [0.2, 0.25) is 10.0 Å². The van der Waals surface area contributed by atoms with Crippen LogP contribution in [-0.2, 0) is 22.9 Å². The number of nitrogens with zero attached hydrogens (tertiary/aromatic N) is 2. The van der Waals surface area contributed by atoms with Gasteiger partial charge in [0.1, 0.15) is 6.07 Å². The molecule has 0 atom stereocenters. The number of benzene rings is 1. The zero-order valence-electron chi connectivity index (χ0n) is 12.0. The number of hydrogen-bond acceptors (Lipinski definition) is 6. The molecule has 0 unspecified atom stereocenters. The Kier molecular flexibility index (Phi) is 5.13. The lowest BCUT2D eigenvalue weighted by Gasteiger charge is -2.08. The van der Waals surface area contributed by atoms with Crippen molar-refractivity contribution in [1.29, 1.82) is 5.26 Å². The van der Waals surface area contributed by atoms with Gasteiger partial charge < -0.3 is 5.32 Å². The third-order valence-corrected chi connectivity index (χ3v) is 4.99. The summed E-state index contributed by atoms with van der Waals surface area (Å²) in [5.74, 6) is 0. The molecule has 1 aromatic heterocycles. The SMILES string of the molecule is CCc1nc(CCNc2ccc(S(N)(=O)=O)cc2C#N)cs1. The number of rotatable bonds is 6. The number of hydrogen-bond donors (Lipinski definition) is 2. The highest BCUT2D eigenvalue weighted by atomic mass is 32.2. The maximum atomic E-state index is 11.3. The Balaban J connectivity index is 2.05. The first-order chi connectivity index (χ1) is 10.4. The Labute approximate surface area is 133 Å². The second kappa shape index (κ2) is 6.87. The predicted octanol–water partition coefficient (Wildman–Crippen LogP) is 1.88. The van der Waals surface area contributed by atoms with Gasteiger partial charge in [0.15, 0.2) is 0 Å². The van der Waals surface area contributed by atoms with Crippen LogP contribution in [0, 0.1) is 11.3 Å². The molecule has 116 valence electrons. The molecule has 0 saturated carbocycles. The Bertz CT molecular complexity index is 806. The fourth-order valence-electron chi connectivity index (χ4n) is 1.90. The van der Waals surface area contributed by atoms with Gasteiger partial charge in [0.25, 0.3) is 0 Å². The molecule has 1 aromatic carbocycles. The molecule has 2 rings (SSSR count). The van der Waals surface area contributed by atoms with Crippen LogP contribution in [0.4, 0.5) is 5.69 Å². The molecule has 2 aromatic rings. The number of thiazole rings is 1. The Morgan fingerprint density at radius 1 is 1.45 bits per heavy atom. The highest BCUT2D eigenvalue weighted by Gasteiger charge is 2.11. The van der Waals surface area contributed by atoms with Crippen LogP contribution in [0.3, 0.4) is 0 Å². The summed E-state index contributed by atoms with van der Waals surface area (Å²) in [6.07, 6.45) is 1.66. The quantitative estimate of drug-likeness (QED) is 0.837. The van der Waals surface area contributed by atoms with Gasteiger partial charge in [0, 0.05) is 18.3 Å². The van der Waals surface area contributed by atoms with Gasteiger partial charge in [-0.25, -0.2) is 18.5 Å². The highest BCUT2D eigenvalue weighted by molar-refractivity contribution is 7.89. The second-order valence-corrected chi connectivity index (χ2v) is 7.13. The van der Waals surface area contributed by atoms with Crippen LogP contribution in [0.1, 0.15) is 23.2 Å². The zero-order valence-corrected chi connectivity index (χ0v) is 13.7. The summed E-state index contributed by atoms with van der Waals surface area (Å²) in [6, 6.07) is 6.19. The lowest BCUT2D eigenvalue weighted by atomic mass is 10.2. The molecule has 8 heteroatoms. The largest absolute Gasteiger partial charge is 0.384 e. The summed E-state index contributed by atoms with van der Waals surface area (Å²) in [5.41, 5.74) is 1.84. The third-order valence-electron chi connectivity index (χ3n) is 3.04. The van der Waals surface area contributed by atoms with Crippen molar-refractivity contribution in [1.82, 2.24) is 4.98 Å². The molecule has 0 spiro atoms. The minimum absolute atomic E-state index is 0.0679. The van der Waals surface area contributed by atoms with E-state index < -0.39 is 10.0 Å². The molecule has 0 saturated heterocycles. The van der Waals surface area contributed by atoms with Gasteiger partial charge in [-0.05, 0) is 24.6 Å². The van der Waals surface area contributed by atoms with Gasteiger partial charge in [-0.1, -0.05) is 6.92 Å². The normalized spacial score (nSPS) is 11.1. The number of nitrogens with two attached hydrogens (primary N) is 1.